The van der Waals surface area contributed by atoms with E-state index in [4.69, 9.17) is 14.6 Å². The van der Waals surface area contributed by atoms with E-state index in [0.29, 0.717) is 5.75 Å². The highest BCUT2D eigenvalue weighted by Crippen LogP contribution is 2.22. The van der Waals surface area contributed by atoms with Gasteiger partial charge in [0.05, 0.1) is 13.7 Å². The zero-order chi connectivity index (χ0) is 15.4. The summed E-state index contributed by atoms with van der Waals surface area (Å²) in [5, 5.41) is 38.5. The molecular formula is C14H19NO6. The van der Waals surface area contributed by atoms with Gasteiger partial charge >= 0.3 is 0 Å². The Morgan fingerprint density at radius 3 is 2.43 bits per heavy atom. The number of aliphatic hydroxyl groups excluding tert-OH is 4. The molecule has 3 unspecified atom stereocenters. The second-order valence-electron chi connectivity index (χ2n) is 4.77. The summed E-state index contributed by atoms with van der Waals surface area (Å²) in [5.74, 6) is 0.703. The Morgan fingerprint density at radius 2 is 1.86 bits per heavy atom. The van der Waals surface area contributed by atoms with E-state index >= 15 is 0 Å². The van der Waals surface area contributed by atoms with Gasteiger partial charge in [-0.25, -0.2) is 0 Å². The Balaban J connectivity index is 2.08. The number of aliphatic imine (C=N–C) groups is 1. The summed E-state index contributed by atoms with van der Waals surface area (Å²) in [6.45, 7) is -0.496. The highest BCUT2D eigenvalue weighted by molar-refractivity contribution is 5.79. The molecule has 0 radical (unpaired) electrons. The highest BCUT2D eigenvalue weighted by atomic mass is 16.6. The van der Waals surface area contributed by atoms with Crippen LogP contribution in [0.15, 0.2) is 29.3 Å². The molecule has 0 aromatic heterocycles. The van der Waals surface area contributed by atoms with Gasteiger partial charge in [0.15, 0.2) is 6.29 Å². The third kappa shape index (κ3) is 3.58. The zero-order valence-electron chi connectivity index (χ0n) is 11.5. The van der Waals surface area contributed by atoms with Crippen LogP contribution in [0.2, 0.25) is 0 Å². The largest absolute Gasteiger partial charge is 0.497 e. The molecule has 116 valence electrons. The number of rotatable bonds is 4. The van der Waals surface area contributed by atoms with Crippen molar-refractivity contribution in [3.05, 3.63) is 29.8 Å². The molecule has 1 aliphatic rings. The molecule has 1 heterocycles. The van der Waals surface area contributed by atoms with Gasteiger partial charge in [-0.2, -0.15) is 0 Å². The lowest BCUT2D eigenvalue weighted by Gasteiger charge is -2.38. The fourth-order valence-corrected chi connectivity index (χ4v) is 2.11. The van der Waals surface area contributed by atoms with Crippen LogP contribution in [0, 0.1) is 0 Å². The van der Waals surface area contributed by atoms with Gasteiger partial charge < -0.3 is 29.9 Å². The van der Waals surface area contributed by atoms with Crippen molar-refractivity contribution in [3.8, 4) is 5.75 Å². The quantitative estimate of drug-likeness (QED) is 0.526. The number of ether oxygens (including phenoxy) is 2. The van der Waals surface area contributed by atoms with Crippen molar-refractivity contribution in [1.29, 1.82) is 0 Å². The number of hydrogen-bond donors (Lipinski definition) is 4. The molecule has 21 heavy (non-hydrogen) atoms. The summed E-state index contributed by atoms with van der Waals surface area (Å²) < 4.78 is 10.1. The van der Waals surface area contributed by atoms with Crippen molar-refractivity contribution >= 4 is 6.21 Å². The number of hydrogen-bond acceptors (Lipinski definition) is 7. The third-order valence-electron chi connectivity index (χ3n) is 3.38. The Morgan fingerprint density at radius 1 is 1.19 bits per heavy atom. The van der Waals surface area contributed by atoms with Crippen molar-refractivity contribution in [2.24, 2.45) is 4.99 Å². The molecule has 7 heteroatoms. The van der Waals surface area contributed by atoms with Gasteiger partial charge in [-0.1, -0.05) is 0 Å². The summed E-state index contributed by atoms with van der Waals surface area (Å²) in [6, 6.07) is 6.00. The molecule has 0 saturated carbocycles. The highest BCUT2D eigenvalue weighted by Gasteiger charge is 2.43. The lowest BCUT2D eigenvalue weighted by Crippen LogP contribution is -2.57. The topological polar surface area (TPSA) is 112 Å². The molecule has 0 amide bonds. The van der Waals surface area contributed by atoms with Crippen LogP contribution in [0.3, 0.4) is 0 Å². The normalized spacial score (nSPS) is 33.3. The SMILES string of the molecule is COc1ccc(C=NC2C(O)OC(CO)[C@@H](O)[C@H]2O)cc1. The summed E-state index contributed by atoms with van der Waals surface area (Å²) in [4.78, 5) is 4.06. The molecule has 4 N–H and O–H groups in total. The molecule has 1 aromatic rings. The first-order chi connectivity index (χ1) is 10.1. The first-order valence-corrected chi connectivity index (χ1v) is 6.54. The van der Waals surface area contributed by atoms with Crippen LogP contribution in [-0.4, -0.2) is 71.0 Å². The van der Waals surface area contributed by atoms with E-state index in [2.05, 4.69) is 4.99 Å². The second-order valence-corrected chi connectivity index (χ2v) is 4.77. The smallest absolute Gasteiger partial charge is 0.180 e. The van der Waals surface area contributed by atoms with E-state index in [0.717, 1.165) is 5.56 Å². The van der Waals surface area contributed by atoms with Crippen molar-refractivity contribution in [3.63, 3.8) is 0 Å². The van der Waals surface area contributed by atoms with Crippen LogP contribution in [0.1, 0.15) is 5.56 Å². The fraction of sp³-hybridized carbons (Fsp3) is 0.500. The molecule has 0 bridgehead atoms. The van der Waals surface area contributed by atoms with Crippen LogP contribution in [0.25, 0.3) is 0 Å². The van der Waals surface area contributed by atoms with Crippen molar-refractivity contribution in [2.45, 2.75) is 30.6 Å². The predicted octanol–water partition coefficient (Wildman–Crippen LogP) is -1.09. The Bertz CT molecular complexity index is 477. The van der Waals surface area contributed by atoms with E-state index in [-0.39, 0.29) is 0 Å². The molecule has 1 saturated heterocycles. The monoisotopic (exact) mass is 297 g/mol. The third-order valence-corrected chi connectivity index (χ3v) is 3.38. The maximum atomic E-state index is 9.93. The van der Waals surface area contributed by atoms with Crippen molar-refractivity contribution < 1.29 is 29.9 Å². The van der Waals surface area contributed by atoms with E-state index in [1.54, 1.807) is 31.4 Å². The number of benzene rings is 1. The second kappa shape index (κ2) is 6.97. The average Bonchev–Trinajstić information content (AvgIpc) is 2.51. The minimum atomic E-state index is -1.39. The summed E-state index contributed by atoms with van der Waals surface area (Å²) >= 11 is 0. The molecular weight excluding hydrogens is 278 g/mol. The van der Waals surface area contributed by atoms with Gasteiger partial charge in [0.1, 0.15) is 30.1 Å². The molecule has 1 aromatic carbocycles. The lowest BCUT2D eigenvalue weighted by atomic mass is 9.97. The maximum absolute atomic E-state index is 9.93. The summed E-state index contributed by atoms with van der Waals surface area (Å²) in [6.07, 6.45) is -3.58. The minimum absolute atomic E-state index is 0.496. The number of nitrogens with zero attached hydrogens (tertiary/aromatic N) is 1. The Hall–Kier alpha value is -1.51. The van der Waals surface area contributed by atoms with Gasteiger partial charge in [-0.05, 0) is 29.8 Å². The van der Waals surface area contributed by atoms with E-state index in [1.807, 2.05) is 0 Å². The van der Waals surface area contributed by atoms with Crippen LogP contribution >= 0.6 is 0 Å². The predicted molar refractivity (Wildman–Crippen MR) is 74.4 cm³/mol. The molecule has 0 aliphatic carbocycles. The van der Waals surface area contributed by atoms with E-state index in [9.17, 15) is 15.3 Å². The zero-order valence-corrected chi connectivity index (χ0v) is 11.5. The van der Waals surface area contributed by atoms with E-state index in [1.165, 1.54) is 6.21 Å². The summed E-state index contributed by atoms with van der Waals surface area (Å²) in [7, 11) is 1.56. The number of methoxy groups -OCH3 is 1. The van der Waals surface area contributed by atoms with E-state index < -0.39 is 37.3 Å². The fourth-order valence-electron chi connectivity index (χ4n) is 2.11. The molecule has 1 fully saturated rings. The van der Waals surface area contributed by atoms with Crippen LogP contribution in [0.4, 0.5) is 0 Å². The van der Waals surface area contributed by atoms with Gasteiger partial charge in [-0.3, -0.25) is 4.99 Å². The van der Waals surface area contributed by atoms with Crippen molar-refractivity contribution in [1.82, 2.24) is 0 Å². The molecule has 0 spiro atoms. The molecule has 5 atom stereocenters. The average molecular weight is 297 g/mol. The summed E-state index contributed by atoms with van der Waals surface area (Å²) in [5.41, 5.74) is 0.744. The Kier molecular flexibility index (Phi) is 5.27. The van der Waals surface area contributed by atoms with Gasteiger partial charge in [0, 0.05) is 6.21 Å². The first kappa shape index (κ1) is 15.9. The lowest BCUT2D eigenvalue weighted by molar-refractivity contribution is -0.248. The van der Waals surface area contributed by atoms with Crippen LogP contribution in [0.5, 0.6) is 5.75 Å². The van der Waals surface area contributed by atoms with Gasteiger partial charge in [0.25, 0.3) is 0 Å². The molecule has 7 nitrogen and oxygen atoms in total. The Labute approximate surface area is 122 Å². The standard InChI is InChI=1S/C14H19NO6/c1-20-9-4-2-8(3-5-9)6-15-11-13(18)12(17)10(7-16)21-14(11)19/h2-6,10-14,16-19H,7H2,1H3/t10?,11?,12-,13+,14?/m1/s1. The number of aliphatic hydroxyl groups is 4. The molecule has 2 rings (SSSR count). The molecule has 1 aliphatic heterocycles. The van der Waals surface area contributed by atoms with Gasteiger partial charge in [0.2, 0.25) is 0 Å². The minimum Gasteiger partial charge on any atom is -0.497 e. The maximum Gasteiger partial charge on any atom is 0.180 e. The van der Waals surface area contributed by atoms with Crippen molar-refractivity contribution in [2.75, 3.05) is 13.7 Å². The van der Waals surface area contributed by atoms with Crippen LogP contribution in [-0.2, 0) is 4.74 Å². The van der Waals surface area contributed by atoms with Gasteiger partial charge in [-0.15, -0.1) is 0 Å². The first-order valence-electron chi connectivity index (χ1n) is 6.54. The van der Waals surface area contributed by atoms with Crippen LogP contribution < -0.4 is 4.74 Å².